The monoisotopic (exact) mass is 524 g/mol. The van der Waals surface area contributed by atoms with Gasteiger partial charge < -0.3 is 20.1 Å². The second-order valence-electron chi connectivity index (χ2n) is 9.77. The molecule has 0 saturated carbocycles. The van der Waals surface area contributed by atoms with Crippen LogP contribution in [0.2, 0.25) is 0 Å². The maximum absolute atomic E-state index is 14.7. The number of aryl methyl sites for hydroxylation is 1. The number of anilines is 1. The van der Waals surface area contributed by atoms with Gasteiger partial charge in [0.05, 0.1) is 11.3 Å². The molecule has 1 saturated heterocycles. The first-order valence-corrected chi connectivity index (χ1v) is 12.7. The number of aromatic amines is 1. The van der Waals surface area contributed by atoms with E-state index in [0.717, 1.165) is 38.1 Å². The molecule has 3 rings (SSSR count). The smallest absolute Gasteiger partial charge is 0.368 e. The van der Waals surface area contributed by atoms with Crippen LogP contribution in [0.1, 0.15) is 71.4 Å². The number of nitrogens with zero attached hydrogens (tertiary/aromatic N) is 2. The van der Waals surface area contributed by atoms with Gasteiger partial charge in [0.1, 0.15) is 5.82 Å². The van der Waals surface area contributed by atoms with Crippen LogP contribution in [0.25, 0.3) is 0 Å². The number of benzene rings is 1. The van der Waals surface area contributed by atoms with E-state index < -0.39 is 29.0 Å². The number of halogens is 4. The van der Waals surface area contributed by atoms with Crippen molar-refractivity contribution in [3.05, 3.63) is 61.8 Å². The Morgan fingerprint density at radius 2 is 1.81 bits per heavy atom. The lowest BCUT2D eigenvalue weighted by Gasteiger charge is -2.39. The summed E-state index contributed by atoms with van der Waals surface area (Å²) in [5.74, 6) is -1.29. The minimum absolute atomic E-state index is 0.0602. The molecule has 2 aromatic rings. The van der Waals surface area contributed by atoms with Gasteiger partial charge in [0.15, 0.2) is 0 Å². The molecule has 2 heterocycles. The van der Waals surface area contributed by atoms with E-state index in [9.17, 15) is 27.2 Å². The van der Waals surface area contributed by atoms with Gasteiger partial charge in [-0.25, -0.2) is 4.39 Å². The molecule has 0 bridgehead atoms. The normalized spacial score (nSPS) is 15.2. The van der Waals surface area contributed by atoms with Crippen LogP contribution in [0.4, 0.5) is 23.2 Å². The molecule has 10 heteroatoms. The van der Waals surface area contributed by atoms with E-state index in [1.54, 1.807) is 6.92 Å². The van der Waals surface area contributed by atoms with Crippen LogP contribution in [0.5, 0.6) is 0 Å². The first-order chi connectivity index (χ1) is 17.4. The van der Waals surface area contributed by atoms with E-state index in [0.29, 0.717) is 30.6 Å². The fourth-order valence-corrected chi connectivity index (χ4v) is 5.09. The fraction of sp³-hybridized carbons (Fsp3) is 0.556. The van der Waals surface area contributed by atoms with Crippen LogP contribution < -0.4 is 15.8 Å². The third kappa shape index (κ3) is 6.34. The molecule has 0 radical (unpaired) electrons. The molecule has 1 aliphatic heterocycles. The van der Waals surface area contributed by atoms with Crippen LogP contribution >= 0.6 is 0 Å². The lowest BCUT2D eigenvalue weighted by molar-refractivity contribution is -0.137. The first kappa shape index (κ1) is 28.7. The van der Waals surface area contributed by atoms with Gasteiger partial charge in [0.2, 0.25) is 0 Å². The number of amides is 1. The Morgan fingerprint density at radius 3 is 2.38 bits per heavy atom. The number of hydrogen-bond donors (Lipinski definition) is 2. The number of carbonyl (C=O) groups is 1. The van der Waals surface area contributed by atoms with Gasteiger partial charge in [-0.1, -0.05) is 13.3 Å². The summed E-state index contributed by atoms with van der Waals surface area (Å²) in [7, 11) is 2.02. The van der Waals surface area contributed by atoms with Crippen molar-refractivity contribution in [3.8, 4) is 0 Å². The van der Waals surface area contributed by atoms with Gasteiger partial charge in [0.25, 0.3) is 11.5 Å². The average Bonchev–Trinajstić information content (AvgIpc) is 2.83. The highest BCUT2D eigenvalue weighted by Gasteiger charge is 2.34. The number of pyridine rings is 1. The number of aromatic nitrogens is 1. The Morgan fingerprint density at radius 1 is 1.16 bits per heavy atom. The molecule has 37 heavy (non-hydrogen) atoms. The van der Waals surface area contributed by atoms with Crippen molar-refractivity contribution in [2.24, 2.45) is 0 Å². The Labute approximate surface area is 215 Å². The minimum Gasteiger partial charge on any atom is -0.368 e. The Kier molecular flexibility index (Phi) is 9.05. The molecule has 204 valence electrons. The van der Waals surface area contributed by atoms with Crippen LogP contribution in [0.15, 0.2) is 16.9 Å². The summed E-state index contributed by atoms with van der Waals surface area (Å²) in [6, 6.07) is 2.03. The van der Waals surface area contributed by atoms with Crippen LogP contribution in [-0.4, -0.2) is 48.5 Å². The van der Waals surface area contributed by atoms with Gasteiger partial charge in [0, 0.05) is 41.5 Å². The maximum atomic E-state index is 14.7. The van der Waals surface area contributed by atoms with Crippen LogP contribution in [0.3, 0.4) is 0 Å². The SMILES string of the molecule is CCCc1c(F)c(C)[nH]c(=O)c1CNC(=O)c1cc(C(F)(F)F)cc(N(CC)C2CCN(C)CC2)c1C. The molecule has 0 aliphatic carbocycles. The molecule has 0 atom stereocenters. The first-order valence-electron chi connectivity index (χ1n) is 12.7. The third-order valence-corrected chi connectivity index (χ3v) is 7.19. The summed E-state index contributed by atoms with van der Waals surface area (Å²) in [5.41, 5.74) is -0.340. The van der Waals surface area contributed by atoms with Crippen molar-refractivity contribution < 1.29 is 22.4 Å². The summed E-state index contributed by atoms with van der Waals surface area (Å²) < 4.78 is 56.3. The van der Waals surface area contributed by atoms with Gasteiger partial charge in [-0.3, -0.25) is 9.59 Å². The molecule has 1 aromatic carbocycles. The zero-order valence-corrected chi connectivity index (χ0v) is 22.1. The predicted octanol–water partition coefficient (Wildman–Crippen LogP) is 4.95. The summed E-state index contributed by atoms with van der Waals surface area (Å²) in [6.07, 6.45) is -2.14. The lowest BCUT2D eigenvalue weighted by Crippen LogP contribution is -2.44. The number of carbonyl (C=O) groups excluding carboxylic acids is 1. The van der Waals surface area contributed by atoms with Crippen molar-refractivity contribution in [2.75, 3.05) is 31.6 Å². The highest BCUT2D eigenvalue weighted by Crippen LogP contribution is 2.37. The van der Waals surface area contributed by atoms with Gasteiger partial charge >= 0.3 is 6.18 Å². The van der Waals surface area contributed by atoms with Crippen molar-refractivity contribution in [1.82, 2.24) is 15.2 Å². The molecular weight excluding hydrogens is 488 g/mol. The number of alkyl halides is 3. The van der Waals surface area contributed by atoms with E-state index >= 15 is 0 Å². The zero-order chi connectivity index (χ0) is 27.5. The van der Waals surface area contributed by atoms with Gasteiger partial charge in [-0.05, 0) is 77.9 Å². The molecular formula is C27H36F4N4O2. The zero-order valence-electron chi connectivity index (χ0n) is 22.1. The largest absolute Gasteiger partial charge is 0.416 e. The number of piperidine rings is 1. The third-order valence-electron chi connectivity index (χ3n) is 7.19. The Balaban J connectivity index is 1.99. The molecule has 0 spiro atoms. The van der Waals surface area contributed by atoms with E-state index in [2.05, 4.69) is 15.2 Å². The van der Waals surface area contributed by atoms with E-state index in [-0.39, 0.29) is 35.0 Å². The van der Waals surface area contributed by atoms with E-state index in [4.69, 9.17) is 0 Å². The van der Waals surface area contributed by atoms with Gasteiger partial charge in [-0.2, -0.15) is 13.2 Å². The summed E-state index contributed by atoms with van der Waals surface area (Å²) in [6.45, 7) is 8.72. The Bertz CT molecular complexity index is 1180. The highest BCUT2D eigenvalue weighted by atomic mass is 19.4. The number of nitrogens with one attached hydrogen (secondary N) is 2. The van der Waals surface area contributed by atoms with Crippen LogP contribution in [-0.2, 0) is 19.1 Å². The molecule has 1 amide bonds. The molecule has 1 aromatic heterocycles. The molecule has 1 aliphatic rings. The second-order valence-corrected chi connectivity index (χ2v) is 9.77. The van der Waals surface area contributed by atoms with Crippen molar-refractivity contribution in [1.29, 1.82) is 0 Å². The molecule has 0 unspecified atom stereocenters. The Hall–Kier alpha value is -2.88. The standard InChI is InChI=1S/C27H36F4N4O2/c1-6-8-20-22(26(37)33-17(4)24(20)28)15-32-25(36)21-13-18(27(29,30)31)14-23(16(21)3)35(7-2)19-9-11-34(5)12-10-19/h13-14,19H,6-12,15H2,1-5H3,(H,32,36)(H,33,37). The van der Waals surface area contributed by atoms with Crippen molar-refractivity contribution in [3.63, 3.8) is 0 Å². The summed E-state index contributed by atoms with van der Waals surface area (Å²) in [4.78, 5) is 32.3. The fourth-order valence-electron chi connectivity index (χ4n) is 5.09. The van der Waals surface area contributed by atoms with Crippen molar-refractivity contribution >= 4 is 11.6 Å². The number of hydrogen-bond acceptors (Lipinski definition) is 4. The number of rotatable bonds is 8. The highest BCUT2D eigenvalue weighted by molar-refractivity contribution is 5.97. The summed E-state index contributed by atoms with van der Waals surface area (Å²) >= 11 is 0. The quantitative estimate of drug-likeness (QED) is 0.480. The van der Waals surface area contributed by atoms with Crippen molar-refractivity contribution in [2.45, 2.75) is 72.1 Å². The van der Waals surface area contributed by atoms with E-state index in [1.807, 2.05) is 25.8 Å². The number of likely N-dealkylation sites (tertiary alicyclic amines) is 1. The van der Waals surface area contributed by atoms with Gasteiger partial charge in [-0.15, -0.1) is 0 Å². The van der Waals surface area contributed by atoms with Crippen LogP contribution in [0, 0.1) is 19.7 Å². The predicted molar refractivity (Wildman–Crippen MR) is 137 cm³/mol. The maximum Gasteiger partial charge on any atom is 0.416 e. The molecule has 6 nitrogen and oxygen atoms in total. The molecule has 2 N–H and O–H groups in total. The van der Waals surface area contributed by atoms with E-state index in [1.165, 1.54) is 6.92 Å². The molecule has 1 fully saturated rings. The minimum atomic E-state index is -4.64. The average molecular weight is 525 g/mol. The lowest BCUT2D eigenvalue weighted by atomic mass is 9.97. The second kappa shape index (κ2) is 11.7. The summed E-state index contributed by atoms with van der Waals surface area (Å²) in [5, 5.41) is 2.57. The topological polar surface area (TPSA) is 68.4 Å². The number of H-pyrrole nitrogens is 1.